The van der Waals surface area contributed by atoms with Gasteiger partial charge in [-0.15, -0.1) is 12.4 Å². The van der Waals surface area contributed by atoms with Crippen molar-refractivity contribution >= 4 is 35.6 Å². The molecule has 0 saturated carbocycles. The van der Waals surface area contributed by atoms with Crippen LogP contribution in [0.15, 0.2) is 36.4 Å². The van der Waals surface area contributed by atoms with Crippen molar-refractivity contribution in [3.05, 3.63) is 52.5 Å². The molecule has 0 spiro atoms. The highest BCUT2D eigenvalue weighted by Crippen LogP contribution is 2.28. The third kappa shape index (κ3) is 6.00. The maximum absolute atomic E-state index is 12.2. The molecule has 0 bridgehead atoms. The van der Waals surface area contributed by atoms with Gasteiger partial charge in [-0.1, -0.05) is 17.7 Å². The molecule has 0 aromatic heterocycles. The first-order chi connectivity index (χ1) is 12.0. The molecule has 0 atom stereocenters. The molecular formula is C19H24Cl2N2O3. The molecule has 1 amide bonds. The normalized spacial score (nSPS) is 9.96. The number of nitrogen functional groups attached to an aromatic ring is 1. The SMILES string of the molecule is CCOc1ccc(CCNC(=O)c2ccc(N)cc2Cl)cc1OCC.Cl. The molecule has 26 heavy (non-hydrogen) atoms. The summed E-state index contributed by atoms with van der Waals surface area (Å²) in [4.78, 5) is 12.2. The Balaban J connectivity index is 0.00000338. The van der Waals surface area contributed by atoms with Crippen LogP contribution in [0.4, 0.5) is 5.69 Å². The van der Waals surface area contributed by atoms with E-state index >= 15 is 0 Å². The minimum absolute atomic E-state index is 0. The quantitative estimate of drug-likeness (QED) is 0.655. The average molecular weight is 399 g/mol. The van der Waals surface area contributed by atoms with Gasteiger partial charge in [0.15, 0.2) is 11.5 Å². The first-order valence-electron chi connectivity index (χ1n) is 8.26. The van der Waals surface area contributed by atoms with Gasteiger partial charge >= 0.3 is 0 Å². The monoisotopic (exact) mass is 398 g/mol. The molecule has 0 fully saturated rings. The number of hydrogen-bond donors (Lipinski definition) is 2. The minimum Gasteiger partial charge on any atom is -0.490 e. The van der Waals surface area contributed by atoms with E-state index in [0.29, 0.717) is 42.5 Å². The van der Waals surface area contributed by atoms with Gasteiger partial charge in [0.2, 0.25) is 0 Å². The number of ether oxygens (including phenoxy) is 2. The number of anilines is 1. The number of rotatable bonds is 8. The fourth-order valence-electron chi connectivity index (χ4n) is 2.38. The summed E-state index contributed by atoms with van der Waals surface area (Å²) < 4.78 is 11.2. The van der Waals surface area contributed by atoms with Crippen LogP contribution in [0.5, 0.6) is 11.5 Å². The van der Waals surface area contributed by atoms with E-state index in [4.69, 9.17) is 26.8 Å². The molecule has 0 aliphatic carbocycles. The first kappa shape index (κ1) is 21.9. The van der Waals surface area contributed by atoms with Crippen LogP contribution in [-0.2, 0) is 6.42 Å². The number of nitrogens with one attached hydrogen (secondary N) is 1. The lowest BCUT2D eigenvalue weighted by Gasteiger charge is -2.13. The van der Waals surface area contributed by atoms with Gasteiger partial charge < -0.3 is 20.5 Å². The smallest absolute Gasteiger partial charge is 0.252 e. The van der Waals surface area contributed by atoms with Gasteiger partial charge in [0.25, 0.3) is 5.91 Å². The molecule has 2 rings (SSSR count). The standard InChI is InChI=1S/C19H23ClN2O3.ClH/c1-3-24-17-8-5-13(11-18(17)25-4-2)9-10-22-19(23)15-7-6-14(21)12-16(15)20;/h5-8,11-12H,3-4,9-10,21H2,1-2H3,(H,22,23);1H. The van der Waals surface area contributed by atoms with Crippen molar-refractivity contribution in [3.8, 4) is 11.5 Å². The Morgan fingerprint density at radius 3 is 2.42 bits per heavy atom. The second-order valence-electron chi connectivity index (χ2n) is 5.39. The zero-order valence-corrected chi connectivity index (χ0v) is 16.5. The molecule has 0 aliphatic heterocycles. The van der Waals surface area contributed by atoms with Crippen LogP contribution < -0.4 is 20.5 Å². The molecule has 0 saturated heterocycles. The highest BCUT2D eigenvalue weighted by molar-refractivity contribution is 6.34. The number of carbonyl (C=O) groups excluding carboxylic acids is 1. The average Bonchev–Trinajstić information content (AvgIpc) is 2.57. The predicted octanol–water partition coefficient (Wildman–Crippen LogP) is 4.11. The summed E-state index contributed by atoms with van der Waals surface area (Å²) in [5, 5.41) is 3.21. The Kier molecular flexibility index (Phi) is 9.10. The molecule has 3 N–H and O–H groups in total. The molecule has 0 radical (unpaired) electrons. The van der Waals surface area contributed by atoms with Crippen LogP contribution in [0.25, 0.3) is 0 Å². The number of nitrogens with two attached hydrogens (primary N) is 1. The first-order valence-corrected chi connectivity index (χ1v) is 8.64. The predicted molar refractivity (Wildman–Crippen MR) is 108 cm³/mol. The Morgan fingerprint density at radius 1 is 1.08 bits per heavy atom. The second kappa shape index (κ2) is 10.8. The minimum atomic E-state index is -0.221. The summed E-state index contributed by atoms with van der Waals surface area (Å²) >= 11 is 6.05. The van der Waals surface area contributed by atoms with E-state index in [-0.39, 0.29) is 18.3 Å². The van der Waals surface area contributed by atoms with E-state index in [2.05, 4.69) is 5.32 Å². The van der Waals surface area contributed by atoms with E-state index in [9.17, 15) is 4.79 Å². The molecule has 2 aromatic carbocycles. The maximum Gasteiger partial charge on any atom is 0.252 e. The molecule has 5 nitrogen and oxygen atoms in total. The fraction of sp³-hybridized carbons (Fsp3) is 0.316. The van der Waals surface area contributed by atoms with Crippen molar-refractivity contribution in [2.45, 2.75) is 20.3 Å². The molecule has 0 unspecified atom stereocenters. The number of carbonyl (C=O) groups is 1. The van der Waals surface area contributed by atoms with Crippen molar-refractivity contribution in [3.63, 3.8) is 0 Å². The van der Waals surface area contributed by atoms with Crippen molar-refractivity contribution < 1.29 is 14.3 Å². The van der Waals surface area contributed by atoms with Crippen molar-refractivity contribution in [2.24, 2.45) is 0 Å². The summed E-state index contributed by atoms with van der Waals surface area (Å²) in [6, 6.07) is 10.6. The zero-order chi connectivity index (χ0) is 18.2. The number of hydrogen-bond acceptors (Lipinski definition) is 4. The number of benzene rings is 2. The third-order valence-electron chi connectivity index (χ3n) is 3.54. The Bertz CT molecular complexity index is 739. The van der Waals surface area contributed by atoms with Gasteiger partial charge in [0.1, 0.15) is 0 Å². The lowest BCUT2D eigenvalue weighted by Crippen LogP contribution is -2.26. The van der Waals surface area contributed by atoms with Crippen LogP contribution >= 0.6 is 24.0 Å². The van der Waals surface area contributed by atoms with Gasteiger partial charge in [-0.25, -0.2) is 0 Å². The van der Waals surface area contributed by atoms with Crippen molar-refractivity contribution in [1.29, 1.82) is 0 Å². The Morgan fingerprint density at radius 2 is 1.77 bits per heavy atom. The van der Waals surface area contributed by atoms with E-state index in [0.717, 1.165) is 17.1 Å². The molecule has 7 heteroatoms. The highest BCUT2D eigenvalue weighted by atomic mass is 35.5. The van der Waals surface area contributed by atoms with Gasteiger partial charge in [0.05, 0.1) is 23.8 Å². The maximum atomic E-state index is 12.2. The topological polar surface area (TPSA) is 73.6 Å². The lowest BCUT2D eigenvalue weighted by atomic mass is 10.1. The molecular weight excluding hydrogens is 375 g/mol. The fourth-order valence-corrected chi connectivity index (χ4v) is 2.66. The van der Waals surface area contributed by atoms with E-state index in [1.165, 1.54) is 0 Å². The highest BCUT2D eigenvalue weighted by Gasteiger charge is 2.11. The summed E-state index contributed by atoms with van der Waals surface area (Å²) in [7, 11) is 0. The molecule has 0 heterocycles. The van der Waals surface area contributed by atoms with E-state index in [1.807, 2.05) is 32.0 Å². The molecule has 0 aliphatic rings. The van der Waals surface area contributed by atoms with Gasteiger partial charge in [-0.2, -0.15) is 0 Å². The number of amides is 1. The third-order valence-corrected chi connectivity index (χ3v) is 3.86. The Hall–Kier alpha value is -2.11. The molecule has 2 aromatic rings. The van der Waals surface area contributed by atoms with Gasteiger partial charge in [-0.3, -0.25) is 4.79 Å². The van der Waals surface area contributed by atoms with Gasteiger partial charge in [-0.05, 0) is 56.2 Å². The summed E-state index contributed by atoms with van der Waals surface area (Å²) in [5.41, 5.74) is 7.63. The van der Waals surface area contributed by atoms with Crippen molar-refractivity contribution in [2.75, 3.05) is 25.5 Å². The summed E-state index contributed by atoms with van der Waals surface area (Å²) in [6.45, 7) is 5.49. The van der Waals surface area contributed by atoms with Crippen molar-refractivity contribution in [1.82, 2.24) is 5.32 Å². The molecule has 142 valence electrons. The van der Waals surface area contributed by atoms with Crippen LogP contribution in [0, 0.1) is 0 Å². The van der Waals surface area contributed by atoms with Crippen LogP contribution in [0.1, 0.15) is 29.8 Å². The van der Waals surface area contributed by atoms with E-state index in [1.54, 1.807) is 18.2 Å². The number of halogens is 2. The zero-order valence-electron chi connectivity index (χ0n) is 14.9. The lowest BCUT2D eigenvalue weighted by molar-refractivity contribution is 0.0954. The van der Waals surface area contributed by atoms with Crippen LogP contribution in [-0.4, -0.2) is 25.7 Å². The largest absolute Gasteiger partial charge is 0.490 e. The van der Waals surface area contributed by atoms with E-state index < -0.39 is 0 Å². The Labute approximate surface area is 165 Å². The summed E-state index contributed by atoms with van der Waals surface area (Å²) in [6.07, 6.45) is 0.671. The summed E-state index contributed by atoms with van der Waals surface area (Å²) in [5.74, 6) is 1.22. The van der Waals surface area contributed by atoms with Crippen LogP contribution in [0.3, 0.4) is 0 Å². The van der Waals surface area contributed by atoms with Crippen LogP contribution in [0.2, 0.25) is 5.02 Å². The second-order valence-corrected chi connectivity index (χ2v) is 5.80. The van der Waals surface area contributed by atoms with Gasteiger partial charge in [0, 0.05) is 12.2 Å².